The third kappa shape index (κ3) is 5.50. The fraction of sp³-hybridized carbons (Fsp3) is 0.212. The number of imidazole rings is 1. The molecule has 0 spiro atoms. The molecule has 1 fully saturated rings. The Bertz CT molecular complexity index is 1530. The van der Waals surface area contributed by atoms with Gasteiger partial charge in [-0.3, -0.25) is 0 Å². The molecule has 1 aliphatic carbocycles. The van der Waals surface area contributed by atoms with Crippen LogP contribution in [0.15, 0.2) is 97.1 Å². The van der Waals surface area contributed by atoms with Crippen LogP contribution in [0.4, 0.5) is 0 Å². The van der Waals surface area contributed by atoms with Crippen LogP contribution < -0.4 is 9.47 Å². The van der Waals surface area contributed by atoms with E-state index in [1.165, 1.54) is 12.8 Å². The van der Waals surface area contributed by atoms with E-state index >= 15 is 0 Å². The van der Waals surface area contributed by atoms with Crippen molar-refractivity contribution in [3.05, 3.63) is 114 Å². The largest absolute Gasteiger partial charge is 0.489 e. The van der Waals surface area contributed by atoms with Crippen LogP contribution in [-0.2, 0) is 13.2 Å². The summed E-state index contributed by atoms with van der Waals surface area (Å²) in [7, 11) is 0. The maximum Gasteiger partial charge on any atom is 0.335 e. The number of nitrogens with zero attached hydrogens (tertiary/aromatic N) is 2. The Morgan fingerprint density at radius 1 is 0.795 bits per heavy atom. The smallest absolute Gasteiger partial charge is 0.335 e. The molecule has 0 amide bonds. The SMILES string of the molecule is O=C(O)c1ccc2c(c1)nc(-c1cc(OCc3ccccc3)cc(OCc3ccccc3)c1)n2C1CCCC1. The van der Waals surface area contributed by atoms with Crippen LogP contribution >= 0.6 is 0 Å². The van der Waals surface area contributed by atoms with E-state index in [0.717, 1.165) is 40.9 Å². The molecular weight excluding hydrogens is 488 g/mol. The van der Waals surface area contributed by atoms with Crippen molar-refractivity contribution >= 4 is 17.0 Å². The number of fused-ring (bicyclic) bond motifs is 1. The van der Waals surface area contributed by atoms with Gasteiger partial charge in [-0.15, -0.1) is 0 Å². The lowest BCUT2D eigenvalue weighted by Crippen LogP contribution is -2.07. The van der Waals surface area contributed by atoms with Crippen molar-refractivity contribution in [1.29, 1.82) is 0 Å². The van der Waals surface area contributed by atoms with Gasteiger partial charge < -0.3 is 19.1 Å². The summed E-state index contributed by atoms with van der Waals surface area (Å²) in [6.07, 6.45) is 4.48. The molecule has 39 heavy (non-hydrogen) atoms. The number of ether oxygens (including phenoxy) is 2. The van der Waals surface area contributed by atoms with E-state index in [1.54, 1.807) is 12.1 Å². The number of benzene rings is 4. The quantitative estimate of drug-likeness (QED) is 0.217. The van der Waals surface area contributed by atoms with Gasteiger partial charge in [-0.1, -0.05) is 73.5 Å². The van der Waals surface area contributed by atoms with Gasteiger partial charge in [0.15, 0.2) is 0 Å². The molecule has 0 unspecified atom stereocenters. The summed E-state index contributed by atoms with van der Waals surface area (Å²) in [4.78, 5) is 16.6. The highest BCUT2D eigenvalue weighted by Crippen LogP contribution is 2.39. The normalized spacial score (nSPS) is 13.5. The topological polar surface area (TPSA) is 73.6 Å². The Morgan fingerprint density at radius 2 is 1.38 bits per heavy atom. The molecule has 1 heterocycles. The fourth-order valence-electron chi connectivity index (χ4n) is 5.32. The van der Waals surface area contributed by atoms with Gasteiger partial charge in [0.25, 0.3) is 0 Å². The number of carboxylic acid groups (broad SMARTS) is 1. The molecule has 0 bridgehead atoms. The molecule has 4 aromatic carbocycles. The Kier molecular flexibility index (Phi) is 7.00. The van der Waals surface area contributed by atoms with Crippen molar-refractivity contribution < 1.29 is 19.4 Å². The molecule has 1 saturated carbocycles. The molecule has 6 nitrogen and oxygen atoms in total. The average molecular weight is 519 g/mol. The van der Waals surface area contributed by atoms with E-state index in [4.69, 9.17) is 14.5 Å². The van der Waals surface area contributed by atoms with Crippen LogP contribution in [0.2, 0.25) is 0 Å². The molecule has 0 radical (unpaired) electrons. The lowest BCUT2D eigenvalue weighted by Gasteiger charge is -2.18. The zero-order valence-corrected chi connectivity index (χ0v) is 21.6. The number of aromatic carboxylic acids is 1. The van der Waals surface area contributed by atoms with Gasteiger partial charge in [0.2, 0.25) is 0 Å². The third-order valence-electron chi connectivity index (χ3n) is 7.26. The highest BCUT2D eigenvalue weighted by molar-refractivity contribution is 5.93. The lowest BCUT2D eigenvalue weighted by atomic mass is 10.1. The second kappa shape index (κ2) is 11.0. The molecule has 0 atom stereocenters. The molecule has 1 N–H and O–H groups in total. The Labute approximate surface area is 227 Å². The van der Waals surface area contributed by atoms with Crippen molar-refractivity contribution in [1.82, 2.24) is 9.55 Å². The fourth-order valence-corrected chi connectivity index (χ4v) is 5.32. The Balaban J connectivity index is 1.42. The second-order valence-corrected chi connectivity index (χ2v) is 9.99. The summed E-state index contributed by atoms with van der Waals surface area (Å²) >= 11 is 0. The van der Waals surface area contributed by atoms with E-state index < -0.39 is 5.97 Å². The van der Waals surface area contributed by atoms with Crippen LogP contribution in [0.5, 0.6) is 11.5 Å². The number of rotatable bonds is 9. The first-order valence-electron chi connectivity index (χ1n) is 13.4. The number of carbonyl (C=O) groups is 1. The highest BCUT2D eigenvalue weighted by atomic mass is 16.5. The van der Waals surface area contributed by atoms with Gasteiger partial charge in [-0.05, 0) is 54.3 Å². The summed E-state index contributed by atoms with van der Waals surface area (Å²) in [6, 6.07) is 31.6. The number of aromatic nitrogens is 2. The molecule has 6 heteroatoms. The van der Waals surface area contributed by atoms with Crippen molar-refractivity contribution in [3.8, 4) is 22.9 Å². The van der Waals surface area contributed by atoms with Gasteiger partial charge in [-0.2, -0.15) is 0 Å². The molecule has 5 aromatic rings. The van der Waals surface area contributed by atoms with Gasteiger partial charge in [-0.25, -0.2) is 9.78 Å². The van der Waals surface area contributed by atoms with Gasteiger partial charge in [0, 0.05) is 17.7 Å². The summed E-state index contributed by atoms with van der Waals surface area (Å²) in [5.74, 6) is 1.22. The van der Waals surface area contributed by atoms with Gasteiger partial charge in [0.1, 0.15) is 30.5 Å². The van der Waals surface area contributed by atoms with E-state index in [9.17, 15) is 9.90 Å². The van der Waals surface area contributed by atoms with Crippen molar-refractivity contribution in [3.63, 3.8) is 0 Å². The number of hydrogen-bond acceptors (Lipinski definition) is 4. The molecule has 0 saturated heterocycles. The number of carboxylic acids is 1. The first-order chi connectivity index (χ1) is 19.1. The highest BCUT2D eigenvalue weighted by Gasteiger charge is 2.24. The van der Waals surface area contributed by atoms with Crippen molar-refractivity contribution in [2.75, 3.05) is 0 Å². The first kappa shape index (κ1) is 24.7. The van der Waals surface area contributed by atoms with E-state index in [2.05, 4.69) is 4.57 Å². The Hall–Kier alpha value is -4.58. The molecule has 196 valence electrons. The number of hydrogen-bond donors (Lipinski definition) is 1. The zero-order valence-electron chi connectivity index (χ0n) is 21.6. The maximum atomic E-state index is 11.7. The van der Waals surface area contributed by atoms with Crippen LogP contribution in [0.25, 0.3) is 22.4 Å². The molecule has 6 rings (SSSR count). The molecule has 1 aromatic heterocycles. The third-order valence-corrected chi connectivity index (χ3v) is 7.26. The van der Waals surface area contributed by atoms with Crippen LogP contribution in [0, 0.1) is 0 Å². The van der Waals surface area contributed by atoms with Crippen LogP contribution in [-0.4, -0.2) is 20.6 Å². The monoisotopic (exact) mass is 518 g/mol. The summed E-state index contributed by atoms with van der Waals surface area (Å²) in [6.45, 7) is 0.868. The average Bonchev–Trinajstić information content (AvgIpc) is 3.63. The Morgan fingerprint density at radius 3 is 1.95 bits per heavy atom. The van der Waals surface area contributed by atoms with E-state index in [1.807, 2.05) is 84.9 Å². The second-order valence-electron chi connectivity index (χ2n) is 9.99. The minimum atomic E-state index is -0.957. The van der Waals surface area contributed by atoms with Crippen molar-refractivity contribution in [2.24, 2.45) is 0 Å². The minimum Gasteiger partial charge on any atom is -0.489 e. The van der Waals surface area contributed by atoms with Crippen LogP contribution in [0.3, 0.4) is 0 Å². The lowest BCUT2D eigenvalue weighted by molar-refractivity contribution is 0.0697. The predicted octanol–water partition coefficient (Wildman–Crippen LogP) is 7.67. The van der Waals surface area contributed by atoms with Gasteiger partial charge in [0.05, 0.1) is 16.6 Å². The summed E-state index contributed by atoms with van der Waals surface area (Å²) in [5.41, 5.74) is 4.90. The minimum absolute atomic E-state index is 0.233. The first-order valence-corrected chi connectivity index (χ1v) is 13.4. The summed E-state index contributed by atoms with van der Waals surface area (Å²) < 4.78 is 14.8. The van der Waals surface area contributed by atoms with Crippen LogP contribution in [0.1, 0.15) is 53.2 Å². The molecular formula is C33H30N2O4. The summed E-state index contributed by atoms with van der Waals surface area (Å²) in [5, 5.41) is 9.56. The van der Waals surface area contributed by atoms with Crippen molar-refractivity contribution in [2.45, 2.75) is 44.9 Å². The zero-order chi connectivity index (χ0) is 26.6. The maximum absolute atomic E-state index is 11.7. The predicted molar refractivity (Wildman–Crippen MR) is 151 cm³/mol. The standard InChI is InChI=1S/C33H30N2O4/c36-33(37)25-15-16-31-30(19-25)34-32(35(31)27-13-7-8-14-27)26-17-28(38-21-23-9-3-1-4-10-23)20-29(18-26)39-22-24-11-5-2-6-12-24/h1-6,9-12,15-20,27H,7-8,13-14,21-22H2,(H,36,37). The molecule has 0 aliphatic heterocycles. The van der Waals surface area contributed by atoms with Gasteiger partial charge >= 0.3 is 5.97 Å². The molecule has 1 aliphatic rings. The van der Waals surface area contributed by atoms with E-state index in [-0.39, 0.29) is 5.56 Å². The van der Waals surface area contributed by atoms with E-state index in [0.29, 0.717) is 36.3 Å².